The van der Waals surface area contributed by atoms with Crippen molar-refractivity contribution in [2.24, 2.45) is 0 Å². The number of phenols is 1. The molecule has 0 spiro atoms. The van der Waals surface area contributed by atoms with Crippen LogP contribution in [-0.2, 0) is 5.41 Å². The van der Waals surface area contributed by atoms with Crippen molar-refractivity contribution in [2.45, 2.75) is 26.2 Å². The number of rotatable bonds is 0. The Labute approximate surface area is 125 Å². The lowest BCUT2D eigenvalue weighted by Gasteiger charge is -2.18. The average Bonchev–Trinajstić information content (AvgIpc) is 2.70. The third-order valence-corrected chi connectivity index (χ3v) is 4.51. The molecule has 0 radical (unpaired) electrons. The van der Waals surface area contributed by atoms with Crippen LogP contribution in [0.3, 0.4) is 0 Å². The van der Waals surface area contributed by atoms with Crippen LogP contribution in [0.2, 0.25) is 0 Å². The Morgan fingerprint density at radius 1 is 1.05 bits per heavy atom. The molecule has 19 heavy (non-hydrogen) atoms. The minimum atomic E-state index is 0.0973. The Balaban J connectivity index is 2.44. The maximum absolute atomic E-state index is 9.88. The summed E-state index contributed by atoms with van der Waals surface area (Å²) in [6, 6.07) is 9.80. The van der Waals surface area contributed by atoms with Gasteiger partial charge in [-0.2, -0.15) is 0 Å². The SMILES string of the molecule is CC(C)(C)c1ccc2oc3ccc(O)c(I)c3c2c1. The van der Waals surface area contributed by atoms with E-state index < -0.39 is 0 Å². The van der Waals surface area contributed by atoms with Gasteiger partial charge in [-0.3, -0.25) is 0 Å². The van der Waals surface area contributed by atoms with Gasteiger partial charge in [0.15, 0.2) is 0 Å². The van der Waals surface area contributed by atoms with Crippen molar-refractivity contribution in [1.29, 1.82) is 0 Å². The molecule has 2 nitrogen and oxygen atoms in total. The van der Waals surface area contributed by atoms with E-state index in [4.69, 9.17) is 4.42 Å². The number of hydrogen-bond acceptors (Lipinski definition) is 2. The van der Waals surface area contributed by atoms with Crippen LogP contribution in [0.15, 0.2) is 34.7 Å². The summed E-state index contributed by atoms with van der Waals surface area (Å²) < 4.78 is 6.69. The van der Waals surface area contributed by atoms with Crippen molar-refractivity contribution in [1.82, 2.24) is 0 Å². The standard InChI is InChI=1S/C16H15IO2/c1-16(2,3)9-4-6-12-10(8-9)14-13(19-12)7-5-11(18)15(14)17/h4-8,18H,1-3H3. The van der Waals surface area contributed by atoms with E-state index in [9.17, 15) is 5.11 Å². The minimum Gasteiger partial charge on any atom is -0.507 e. The molecular weight excluding hydrogens is 351 g/mol. The van der Waals surface area contributed by atoms with Crippen molar-refractivity contribution in [3.05, 3.63) is 39.5 Å². The molecule has 0 aliphatic rings. The molecule has 0 saturated heterocycles. The molecule has 0 saturated carbocycles. The third kappa shape index (κ3) is 2.00. The molecule has 0 aliphatic heterocycles. The van der Waals surface area contributed by atoms with Gasteiger partial charge < -0.3 is 9.52 Å². The number of furan rings is 1. The second kappa shape index (κ2) is 4.13. The van der Waals surface area contributed by atoms with Crippen molar-refractivity contribution < 1.29 is 9.52 Å². The van der Waals surface area contributed by atoms with E-state index >= 15 is 0 Å². The normalized spacial score (nSPS) is 12.4. The molecule has 3 aromatic rings. The molecular formula is C16H15IO2. The minimum absolute atomic E-state index is 0.0973. The highest BCUT2D eigenvalue weighted by molar-refractivity contribution is 14.1. The Morgan fingerprint density at radius 3 is 2.42 bits per heavy atom. The fourth-order valence-corrected chi connectivity index (χ4v) is 3.02. The van der Waals surface area contributed by atoms with Gasteiger partial charge in [-0.1, -0.05) is 26.8 Å². The van der Waals surface area contributed by atoms with Crippen molar-refractivity contribution in [3.63, 3.8) is 0 Å². The summed E-state index contributed by atoms with van der Waals surface area (Å²) in [5.41, 5.74) is 3.05. The van der Waals surface area contributed by atoms with Crippen LogP contribution in [0.5, 0.6) is 5.75 Å². The highest BCUT2D eigenvalue weighted by atomic mass is 127. The van der Waals surface area contributed by atoms with Gasteiger partial charge in [0.05, 0.1) is 3.57 Å². The van der Waals surface area contributed by atoms with E-state index in [2.05, 4.69) is 55.5 Å². The van der Waals surface area contributed by atoms with Gasteiger partial charge in [-0.25, -0.2) is 0 Å². The molecule has 1 N–H and O–H groups in total. The smallest absolute Gasteiger partial charge is 0.136 e. The lowest BCUT2D eigenvalue weighted by atomic mass is 9.86. The monoisotopic (exact) mass is 366 g/mol. The van der Waals surface area contributed by atoms with E-state index in [0.29, 0.717) is 5.75 Å². The van der Waals surface area contributed by atoms with Crippen LogP contribution in [0.4, 0.5) is 0 Å². The van der Waals surface area contributed by atoms with E-state index in [1.54, 1.807) is 6.07 Å². The maximum atomic E-state index is 9.88. The van der Waals surface area contributed by atoms with Crippen molar-refractivity contribution in [3.8, 4) is 5.75 Å². The van der Waals surface area contributed by atoms with Gasteiger partial charge in [0.1, 0.15) is 16.9 Å². The average molecular weight is 366 g/mol. The van der Waals surface area contributed by atoms with Gasteiger partial charge in [0.25, 0.3) is 0 Å². The second-order valence-electron chi connectivity index (χ2n) is 5.83. The summed E-state index contributed by atoms with van der Waals surface area (Å²) in [4.78, 5) is 0. The molecule has 1 aromatic heterocycles. The van der Waals surface area contributed by atoms with Crippen LogP contribution in [0.1, 0.15) is 26.3 Å². The fraction of sp³-hybridized carbons (Fsp3) is 0.250. The van der Waals surface area contributed by atoms with Crippen LogP contribution < -0.4 is 0 Å². The first-order valence-electron chi connectivity index (χ1n) is 6.22. The second-order valence-corrected chi connectivity index (χ2v) is 6.91. The van der Waals surface area contributed by atoms with E-state index in [0.717, 1.165) is 25.5 Å². The molecule has 0 atom stereocenters. The van der Waals surface area contributed by atoms with E-state index in [-0.39, 0.29) is 5.41 Å². The lowest BCUT2D eigenvalue weighted by Crippen LogP contribution is -2.10. The summed E-state index contributed by atoms with van der Waals surface area (Å²) in [5.74, 6) is 0.303. The highest BCUT2D eigenvalue weighted by Gasteiger charge is 2.18. The summed E-state index contributed by atoms with van der Waals surface area (Å²) >= 11 is 2.17. The third-order valence-electron chi connectivity index (χ3n) is 3.42. The molecule has 0 aliphatic carbocycles. The Bertz CT molecular complexity index is 779. The zero-order valence-electron chi connectivity index (χ0n) is 11.1. The van der Waals surface area contributed by atoms with E-state index in [1.165, 1.54) is 5.56 Å². The topological polar surface area (TPSA) is 33.4 Å². The molecule has 2 aromatic carbocycles. The lowest BCUT2D eigenvalue weighted by molar-refractivity contribution is 0.472. The van der Waals surface area contributed by atoms with Crippen LogP contribution >= 0.6 is 22.6 Å². The predicted octanol–water partition coefficient (Wildman–Crippen LogP) is 5.19. The Hall–Kier alpha value is -1.23. The fourth-order valence-electron chi connectivity index (χ4n) is 2.28. The van der Waals surface area contributed by atoms with Crippen molar-refractivity contribution in [2.75, 3.05) is 0 Å². The summed E-state index contributed by atoms with van der Waals surface area (Å²) in [5, 5.41) is 11.9. The van der Waals surface area contributed by atoms with Crippen LogP contribution in [0.25, 0.3) is 21.9 Å². The van der Waals surface area contributed by atoms with Gasteiger partial charge >= 0.3 is 0 Å². The molecule has 0 amide bonds. The van der Waals surface area contributed by atoms with Crippen LogP contribution in [-0.4, -0.2) is 5.11 Å². The quantitative estimate of drug-likeness (QED) is 0.556. The summed E-state index contributed by atoms with van der Waals surface area (Å²) in [7, 11) is 0. The zero-order chi connectivity index (χ0) is 13.8. The Kier molecular flexibility index (Phi) is 2.78. The maximum Gasteiger partial charge on any atom is 0.136 e. The molecule has 0 unspecified atom stereocenters. The predicted molar refractivity (Wildman–Crippen MR) is 86.8 cm³/mol. The number of benzene rings is 2. The van der Waals surface area contributed by atoms with E-state index in [1.807, 2.05) is 12.1 Å². The molecule has 0 bridgehead atoms. The van der Waals surface area contributed by atoms with Crippen LogP contribution in [0, 0.1) is 3.57 Å². The number of fused-ring (bicyclic) bond motifs is 3. The summed E-state index contributed by atoms with van der Waals surface area (Å²) in [6.07, 6.45) is 0. The zero-order valence-corrected chi connectivity index (χ0v) is 13.3. The largest absolute Gasteiger partial charge is 0.507 e. The number of halogens is 1. The summed E-state index contributed by atoms with van der Waals surface area (Å²) in [6.45, 7) is 6.58. The number of phenolic OH excluding ortho intramolecular Hbond substituents is 1. The first-order chi connectivity index (χ1) is 8.88. The van der Waals surface area contributed by atoms with Crippen molar-refractivity contribution >= 4 is 44.5 Å². The number of hydrogen-bond donors (Lipinski definition) is 1. The number of aromatic hydroxyl groups is 1. The first kappa shape index (κ1) is 12.8. The van der Waals surface area contributed by atoms with Gasteiger partial charge in [-0.05, 0) is 57.8 Å². The van der Waals surface area contributed by atoms with Gasteiger partial charge in [0.2, 0.25) is 0 Å². The molecule has 3 heteroatoms. The first-order valence-corrected chi connectivity index (χ1v) is 7.30. The van der Waals surface area contributed by atoms with Gasteiger partial charge in [-0.15, -0.1) is 0 Å². The van der Waals surface area contributed by atoms with Gasteiger partial charge in [0, 0.05) is 10.8 Å². The molecule has 0 fully saturated rings. The highest BCUT2D eigenvalue weighted by Crippen LogP contribution is 2.38. The molecule has 1 heterocycles. The molecule has 98 valence electrons. The Morgan fingerprint density at radius 2 is 1.74 bits per heavy atom. The molecule has 3 rings (SSSR count).